The van der Waals surface area contributed by atoms with Gasteiger partial charge in [-0.05, 0) is 37.1 Å². The summed E-state index contributed by atoms with van der Waals surface area (Å²) in [6, 6.07) is 11.1. The highest BCUT2D eigenvalue weighted by molar-refractivity contribution is 5.44. The zero-order chi connectivity index (χ0) is 13.0. The smallest absolute Gasteiger partial charge is 0.219 e. The molecule has 1 aromatic carbocycles. The fraction of sp³-hybridized carbons (Fsp3) is 0.214. The van der Waals surface area contributed by atoms with Gasteiger partial charge in [-0.2, -0.15) is 0 Å². The van der Waals surface area contributed by atoms with E-state index in [2.05, 4.69) is 4.98 Å². The van der Waals surface area contributed by atoms with Crippen LogP contribution in [0.2, 0.25) is 0 Å². The predicted octanol–water partition coefficient (Wildman–Crippen LogP) is 2.30. The summed E-state index contributed by atoms with van der Waals surface area (Å²) in [7, 11) is 0. The molecular formula is C14H16N2O2. The zero-order valence-corrected chi connectivity index (χ0v) is 10.3. The molecule has 0 aliphatic heterocycles. The van der Waals surface area contributed by atoms with Gasteiger partial charge in [0.15, 0.2) is 0 Å². The molecule has 4 nitrogen and oxygen atoms in total. The molecule has 1 heterocycles. The van der Waals surface area contributed by atoms with Gasteiger partial charge in [0.25, 0.3) is 0 Å². The van der Waals surface area contributed by atoms with Gasteiger partial charge >= 0.3 is 0 Å². The normalized spacial score (nSPS) is 10.3. The van der Waals surface area contributed by atoms with E-state index in [0.717, 1.165) is 11.3 Å². The Hall–Kier alpha value is -2.07. The summed E-state index contributed by atoms with van der Waals surface area (Å²) in [5.41, 5.74) is 8.18. The predicted molar refractivity (Wildman–Crippen MR) is 70.7 cm³/mol. The topological polar surface area (TPSA) is 68.4 Å². The number of aliphatic hydroxyl groups excluding tert-OH is 1. The van der Waals surface area contributed by atoms with Crippen molar-refractivity contribution in [2.24, 2.45) is 0 Å². The Bertz CT molecular complexity index is 524. The summed E-state index contributed by atoms with van der Waals surface area (Å²) < 4.78 is 5.62. The van der Waals surface area contributed by atoms with E-state index in [9.17, 15) is 0 Å². The average Bonchev–Trinajstić information content (AvgIpc) is 2.37. The molecule has 0 unspecified atom stereocenters. The minimum Gasteiger partial charge on any atom is -0.439 e. The zero-order valence-electron chi connectivity index (χ0n) is 10.3. The highest BCUT2D eigenvalue weighted by atomic mass is 16.5. The maximum atomic E-state index is 8.83. The molecule has 4 heteroatoms. The first-order valence-electron chi connectivity index (χ1n) is 5.80. The van der Waals surface area contributed by atoms with Crippen LogP contribution in [0.25, 0.3) is 0 Å². The Kier molecular flexibility index (Phi) is 3.79. The third-order valence-corrected chi connectivity index (χ3v) is 2.65. The van der Waals surface area contributed by atoms with Crippen LogP contribution in [0.3, 0.4) is 0 Å². The van der Waals surface area contributed by atoms with Crippen LogP contribution in [0.15, 0.2) is 36.4 Å². The van der Waals surface area contributed by atoms with Crippen LogP contribution in [-0.2, 0) is 6.42 Å². The van der Waals surface area contributed by atoms with Crippen LogP contribution in [0.1, 0.15) is 11.3 Å². The molecule has 0 aliphatic rings. The number of nitrogens with two attached hydrogens (primary N) is 1. The number of aromatic nitrogens is 1. The molecule has 1 aromatic heterocycles. The molecule has 0 radical (unpaired) electrons. The number of pyridine rings is 1. The quantitative estimate of drug-likeness (QED) is 0.866. The van der Waals surface area contributed by atoms with Crippen LogP contribution in [0.4, 0.5) is 5.69 Å². The van der Waals surface area contributed by atoms with Gasteiger partial charge in [-0.25, -0.2) is 4.98 Å². The van der Waals surface area contributed by atoms with E-state index in [0.29, 0.717) is 23.7 Å². The number of anilines is 1. The molecule has 0 bridgehead atoms. The number of rotatable bonds is 4. The molecule has 0 saturated carbocycles. The number of ether oxygens (including phenoxy) is 1. The number of aliphatic hydroxyl groups is 1. The Morgan fingerprint density at radius 1 is 1.17 bits per heavy atom. The van der Waals surface area contributed by atoms with Crippen molar-refractivity contribution < 1.29 is 9.84 Å². The highest BCUT2D eigenvalue weighted by Crippen LogP contribution is 2.21. The second kappa shape index (κ2) is 5.51. The summed E-state index contributed by atoms with van der Waals surface area (Å²) in [6.45, 7) is 1.99. The monoisotopic (exact) mass is 244 g/mol. The largest absolute Gasteiger partial charge is 0.439 e. The molecule has 2 aromatic rings. The highest BCUT2D eigenvalue weighted by Gasteiger charge is 2.01. The standard InChI is InChI=1S/C14H16N2O2/c1-10-13(15)6-7-14(16-10)18-12-4-2-11(3-5-12)8-9-17/h2-7,17H,8-9,15H2,1H3. The molecule has 0 saturated heterocycles. The Balaban J connectivity index is 2.10. The van der Waals surface area contributed by atoms with E-state index in [-0.39, 0.29) is 6.61 Å². The molecule has 94 valence electrons. The summed E-state index contributed by atoms with van der Waals surface area (Å²) >= 11 is 0. The lowest BCUT2D eigenvalue weighted by Gasteiger charge is -2.07. The first-order valence-corrected chi connectivity index (χ1v) is 5.80. The third kappa shape index (κ3) is 2.99. The molecule has 0 spiro atoms. The van der Waals surface area contributed by atoms with E-state index in [1.165, 1.54) is 0 Å². The summed E-state index contributed by atoms with van der Waals surface area (Å²) in [5, 5.41) is 8.83. The van der Waals surface area contributed by atoms with E-state index in [1.54, 1.807) is 12.1 Å². The Labute approximate surface area is 106 Å². The molecule has 0 aliphatic carbocycles. The fourth-order valence-electron chi connectivity index (χ4n) is 1.58. The number of hydrogen-bond donors (Lipinski definition) is 2. The average molecular weight is 244 g/mol. The number of hydrogen-bond acceptors (Lipinski definition) is 4. The van der Waals surface area contributed by atoms with Crippen molar-refractivity contribution in [3.05, 3.63) is 47.7 Å². The van der Waals surface area contributed by atoms with Crippen molar-refractivity contribution in [1.29, 1.82) is 0 Å². The lowest BCUT2D eigenvalue weighted by atomic mass is 10.1. The van der Waals surface area contributed by atoms with Crippen LogP contribution in [0.5, 0.6) is 11.6 Å². The lowest BCUT2D eigenvalue weighted by molar-refractivity contribution is 0.299. The van der Waals surface area contributed by atoms with Crippen LogP contribution < -0.4 is 10.5 Å². The van der Waals surface area contributed by atoms with Crippen LogP contribution in [0, 0.1) is 6.92 Å². The van der Waals surface area contributed by atoms with E-state index in [1.807, 2.05) is 31.2 Å². The van der Waals surface area contributed by atoms with Gasteiger partial charge in [0, 0.05) is 12.7 Å². The fourth-order valence-corrected chi connectivity index (χ4v) is 1.58. The van der Waals surface area contributed by atoms with Crippen molar-refractivity contribution in [3.63, 3.8) is 0 Å². The molecule has 0 amide bonds. The van der Waals surface area contributed by atoms with Crippen molar-refractivity contribution in [3.8, 4) is 11.6 Å². The van der Waals surface area contributed by atoms with Crippen LogP contribution in [-0.4, -0.2) is 16.7 Å². The number of benzene rings is 1. The minimum atomic E-state index is 0.152. The van der Waals surface area contributed by atoms with Crippen molar-refractivity contribution in [1.82, 2.24) is 4.98 Å². The van der Waals surface area contributed by atoms with E-state index >= 15 is 0 Å². The Morgan fingerprint density at radius 3 is 2.50 bits per heavy atom. The second-order valence-corrected chi connectivity index (χ2v) is 4.04. The number of nitrogens with zero attached hydrogens (tertiary/aromatic N) is 1. The maximum Gasteiger partial charge on any atom is 0.219 e. The van der Waals surface area contributed by atoms with Gasteiger partial charge in [-0.3, -0.25) is 0 Å². The van der Waals surface area contributed by atoms with Gasteiger partial charge < -0.3 is 15.6 Å². The minimum absolute atomic E-state index is 0.152. The Morgan fingerprint density at radius 2 is 1.89 bits per heavy atom. The van der Waals surface area contributed by atoms with E-state index in [4.69, 9.17) is 15.6 Å². The van der Waals surface area contributed by atoms with E-state index < -0.39 is 0 Å². The number of aryl methyl sites for hydroxylation is 1. The van der Waals surface area contributed by atoms with Crippen LogP contribution >= 0.6 is 0 Å². The summed E-state index contributed by atoms with van der Waals surface area (Å²) in [5.74, 6) is 1.24. The van der Waals surface area contributed by atoms with Crippen molar-refractivity contribution in [2.75, 3.05) is 12.3 Å². The SMILES string of the molecule is Cc1nc(Oc2ccc(CCO)cc2)ccc1N. The third-order valence-electron chi connectivity index (χ3n) is 2.65. The van der Waals surface area contributed by atoms with Crippen molar-refractivity contribution in [2.45, 2.75) is 13.3 Å². The molecule has 18 heavy (non-hydrogen) atoms. The molecule has 3 N–H and O–H groups in total. The van der Waals surface area contributed by atoms with Gasteiger partial charge in [0.2, 0.25) is 5.88 Å². The second-order valence-electron chi connectivity index (χ2n) is 4.04. The van der Waals surface area contributed by atoms with Crippen molar-refractivity contribution >= 4 is 5.69 Å². The first-order chi connectivity index (χ1) is 8.69. The first kappa shape index (κ1) is 12.4. The summed E-state index contributed by atoms with van der Waals surface area (Å²) in [4.78, 5) is 4.24. The molecular weight excluding hydrogens is 228 g/mol. The van der Waals surface area contributed by atoms with Gasteiger partial charge in [0.05, 0.1) is 11.4 Å². The molecule has 0 fully saturated rings. The van der Waals surface area contributed by atoms with Gasteiger partial charge in [0.1, 0.15) is 5.75 Å². The lowest BCUT2D eigenvalue weighted by Crippen LogP contribution is -1.95. The van der Waals surface area contributed by atoms with Gasteiger partial charge in [-0.1, -0.05) is 12.1 Å². The number of nitrogen functional groups attached to an aromatic ring is 1. The molecule has 2 rings (SSSR count). The summed E-state index contributed by atoms with van der Waals surface area (Å²) in [6.07, 6.45) is 0.652. The van der Waals surface area contributed by atoms with Gasteiger partial charge in [-0.15, -0.1) is 0 Å². The molecule has 0 atom stereocenters. The maximum absolute atomic E-state index is 8.83.